The number of aryl methyl sites for hydroxylation is 1. The Balaban J connectivity index is 1.68. The Kier molecular flexibility index (Phi) is 4.15. The van der Waals surface area contributed by atoms with Crippen LogP contribution < -0.4 is 10.2 Å². The van der Waals surface area contributed by atoms with E-state index in [9.17, 15) is 4.79 Å². The third-order valence-electron chi connectivity index (χ3n) is 3.60. The van der Waals surface area contributed by atoms with Crippen LogP contribution in [0.3, 0.4) is 0 Å². The SMILES string of the molecule is Cc1nc(N2CCCC2)ncc1C(=O)NCc1cccs1. The lowest BCUT2D eigenvalue weighted by Crippen LogP contribution is -2.25. The lowest BCUT2D eigenvalue weighted by molar-refractivity contribution is 0.0950. The summed E-state index contributed by atoms with van der Waals surface area (Å²) in [6.45, 7) is 4.41. The fraction of sp³-hybridized carbons (Fsp3) is 0.400. The van der Waals surface area contributed by atoms with Gasteiger partial charge in [-0.05, 0) is 31.2 Å². The summed E-state index contributed by atoms with van der Waals surface area (Å²) in [5.74, 6) is 0.619. The third kappa shape index (κ3) is 3.21. The van der Waals surface area contributed by atoms with Gasteiger partial charge in [-0.2, -0.15) is 0 Å². The number of nitrogens with one attached hydrogen (secondary N) is 1. The van der Waals surface area contributed by atoms with Gasteiger partial charge in [-0.15, -0.1) is 11.3 Å². The molecule has 3 heterocycles. The number of amides is 1. The van der Waals surface area contributed by atoms with Crippen LogP contribution in [0.4, 0.5) is 5.95 Å². The number of nitrogens with zero attached hydrogens (tertiary/aromatic N) is 3. The summed E-state index contributed by atoms with van der Waals surface area (Å²) >= 11 is 1.63. The highest BCUT2D eigenvalue weighted by molar-refractivity contribution is 7.09. The van der Waals surface area contributed by atoms with Gasteiger partial charge in [-0.1, -0.05) is 6.07 Å². The van der Waals surface area contributed by atoms with Crippen molar-refractivity contribution in [2.75, 3.05) is 18.0 Å². The van der Waals surface area contributed by atoms with Gasteiger partial charge in [0.2, 0.25) is 5.95 Å². The predicted octanol–water partition coefficient (Wildman–Crippen LogP) is 2.38. The molecule has 0 atom stereocenters. The summed E-state index contributed by atoms with van der Waals surface area (Å²) in [5.41, 5.74) is 1.28. The van der Waals surface area contributed by atoms with Crippen molar-refractivity contribution in [1.29, 1.82) is 0 Å². The molecular formula is C15H18N4OS. The van der Waals surface area contributed by atoms with E-state index in [4.69, 9.17) is 0 Å². The van der Waals surface area contributed by atoms with Crippen LogP contribution in [-0.4, -0.2) is 29.0 Å². The second-order valence-electron chi connectivity index (χ2n) is 5.13. The van der Waals surface area contributed by atoms with Crippen molar-refractivity contribution in [3.63, 3.8) is 0 Å². The summed E-state index contributed by atoms with van der Waals surface area (Å²) in [7, 11) is 0. The maximum absolute atomic E-state index is 12.2. The molecule has 1 amide bonds. The fourth-order valence-electron chi connectivity index (χ4n) is 2.42. The third-order valence-corrected chi connectivity index (χ3v) is 4.48. The summed E-state index contributed by atoms with van der Waals surface area (Å²) in [6, 6.07) is 3.98. The quantitative estimate of drug-likeness (QED) is 0.942. The van der Waals surface area contributed by atoms with Gasteiger partial charge in [0.25, 0.3) is 5.91 Å². The second kappa shape index (κ2) is 6.22. The smallest absolute Gasteiger partial charge is 0.254 e. The van der Waals surface area contributed by atoms with Crippen molar-refractivity contribution in [2.45, 2.75) is 26.3 Å². The van der Waals surface area contributed by atoms with Crippen LogP contribution in [0.5, 0.6) is 0 Å². The van der Waals surface area contributed by atoms with E-state index in [0.29, 0.717) is 12.1 Å². The number of carbonyl (C=O) groups excluding carboxylic acids is 1. The second-order valence-corrected chi connectivity index (χ2v) is 6.16. The summed E-state index contributed by atoms with van der Waals surface area (Å²) < 4.78 is 0. The largest absolute Gasteiger partial charge is 0.347 e. The van der Waals surface area contributed by atoms with E-state index in [2.05, 4.69) is 20.2 Å². The van der Waals surface area contributed by atoms with Gasteiger partial charge in [0.05, 0.1) is 17.8 Å². The van der Waals surface area contributed by atoms with Crippen LogP contribution in [0.1, 0.15) is 33.8 Å². The zero-order chi connectivity index (χ0) is 14.7. The van der Waals surface area contributed by atoms with Crippen LogP contribution in [0, 0.1) is 6.92 Å². The number of thiophene rings is 1. The first-order valence-electron chi connectivity index (χ1n) is 7.13. The van der Waals surface area contributed by atoms with E-state index in [1.807, 2.05) is 24.4 Å². The Morgan fingerprint density at radius 2 is 2.24 bits per heavy atom. The van der Waals surface area contributed by atoms with Gasteiger partial charge in [0.15, 0.2) is 0 Å². The lowest BCUT2D eigenvalue weighted by Gasteiger charge is -2.16. The molecule has 1 N–H and O–H groups in total. The van der Waals surface area contributed by atoms with Gasteiger partial charge < -0.3 is 10.2 Å². The first-order valence-corrected chi connectivity index (χ1v) is 8.01. The molecule has 3 rings (SSSR count). The van der Waals surface area contributed by atoms with E-state index in [1.54, 1.807) is 17.5 Å². The first kappa shape index (κ1) is 14.0. The molecule has 1 aliphatic heterocycles. The van der Waals surface area contributed by atoms with Gasteiger partial charge in [-0.25, -0.2) is 9.97 Å². The van der Waals surface area contributed by atoms with Crippen molar-refractivity contribution >= 4 is 23.2 Å². The lowest BCUT2D eigenvalue weighted by atomic mass is 10.2. The molecule has 6 heteroatoms. The van der Waals surface area contributed by atoms with Crippen LogP contribution in [0.25, 0.3) is 0 Å². The van der Waals surface area contributed by atoms with E-state index in [0.717, 1.165) is 29.6 Å². The van der Waals surface area contributed by atoms with Crippen LogP contribution in [0.2, 0.25) is 0 Å². The van der Waals surface area contributed by atoms with Crippen molar-refractivity contribution < 1.29 is 4.79 Å². The average Bonchev–Trinajstić information content (AvgIpc) is 3.18. The molecule has 1 saturated heterocycles. The molecule has 2 aromatic heterocycles. The minimum Gasteiger partial charge on any atom is -0.347 e. The molecule has 0 radical (unpaired) electrons. The highest BCUT2D eigenvalue weighted by Crippen LogP contribution is 2.17. The molecule has 0 aliphatic carbocycles. The first-order chi connectivity index (χ1) is 10.2. The van der Waals surface area contributed by atoms with Gasteiger partial charge >= 0.3 is 0 Å². The average molecular weight is 302 g/mol. The number of carbonyl (C=O) groups is 1. The Bertz CT molecular complexity index is 621. The summed E-state index contributed by atoms with van der Waals surface area (Å²) in [5, 5.41) is 4.91. The highest BCUT2D eigenvalue weighted by atomic mass is 32.1. The standard InChI is InChI=1S/C15H18N4OS/c1-11-13(14(20)16-9-12-5-4-8-21-12)10-17-15(18-11)19-6-2-3-7-19/h4-5,8,10H,2-3,6-7,9H2,1H3,(H,16,20). The van der Waals surface area contributed by atoms with Crippen LogP contribution >= 0.6 is 11.3 Å². The van der Waals surface area contributed by atoms with Gasteiger partial charge in [0, 0.05) is 24.2 Å². The summed E-state index contributed by atoms with van der Waals surface area (Å²) in [4.78, 5) is 24.3. The van der Waals surface area contributed by atoms with Crippen molar-refractivity contribution in [3.05, 3.63) is 39.8 Å². The van der Waals surface area contributed by atoms with Crippen LogP contribution in [0.15, 0.2) is 23.7 Å². The topological polar surface area (TPSA) is 58.1 Å². The molecule has 1 fully saturated rings. The van der Waals surface area contributed by atoms with Gasteiger partial charge in [-0.3, -0.25) is 4.79 Å². The molecule has 5 nitrogen and oxygen atoms in total. The Labute approximate surface area is 128 Å². The van der Waals surface area contributed by atoms with Crippen LogP contribution in [-0.2, 0) is 6.54 Å². The number of anilines is 1. The minimum atomic E-state index is -0.117. The molecule has 110 valence electrons. The Hall–Kier alpha value is -1.95. The number of hydrogen-bond acceptors (Lipinski definition) is 5. The number of hydrogen-bond donors (Lipinski definition) is 1. The Morgan fingerprint density at radius 1 is 1.43 bits per heavy atom. The maximum Gasteiger partial charge on any atom is 0.254 e. The van der Waals surface area contributed by atoms with E-state index in [-0.39, 0.29) is 5.91 Å². The zero-order valence-electron chi connectivity index (χ0n) is 12.0. The fourth-order valence-corrected chi connectivity index (χ4v) is 3.07. The molecule has 0 bridgehead atoms. The predicted molar refractivity (Wildman–Crippen MR) is 83.7 cm³/mol. The maximum atomic E-state index is 12.2. The Morgan fingerprint density at radius 3 is 2.90 bits per heavy atom. The molecule has 0 spiro atoms. The van der Waals surface area contributed by atoms with Crippen molar-refractivity contribution in [3.8, 4) is 0 Å². The molecule has 21 heavy (non-hydrogen) atoms. The minimum absolute atomic E-state index is 0.117. The number of rotatable bonds is 4. The number of aromatic nitrogens is 2. The van der Waals surface area contributed by atoms with Gasteiger partial charge in [0.1, 0.15) is 0 Å². The van der Waals surface area contributed by atoms with Crippen molar-refractivity contribution in [2.24, 2.45) is 0 Å². The molecule has 0 unspecified atom stereocenters. The van der Waals surface area contributed by atoms with E-state index >= 15 is 0 Å². The molecule has 1 aliphatic rings. The summed E-state index contributed by atoms with van der Waals surface area (Å²) in [6.07, 6.45) is 4.01. The van der Waals surface area contributed by atoms with E-state index in [1.165, 1.54) is 12.8 Å². The highest BCUT2D eigenvalue weighted by Gasteiger charge is 2.17. The molecule has 0 saturated carbocycles. The van der Waals surface area contributed by atoms with E-state index < -0.39 is 0 Å². The normalized spacial score (nSPS) is 14.4. The molecular weight excluding hydrogens is 284 g/mol. The molecule has 0 aromatic carbocycles. The monoisotopic (exact) mass is 302 g/mol. The van der Waals surface area contributed by atoms with Crippen molar-refractivity contribution in [1.82, 2.24) is 15.3 Å². The molecule has 2 aromatic rings. The zero-order valence-corrected chi connectivity index (χ0v) is 12.8.